The van der Waals surface area contributed by atoms with Crippen LogP contribution in [0, 0.1) is 0 Å². The van der Waals surface area contributed by atoms with E-state index in [4.69, 9.17) is 18.9 Å². The summed E-state index contributed by atoms with van der Waals surface area (Å²) >= 11 is 0. The minimum atomic E-state index is -1.51. The van der Waals surface area contributed by atoms with Gasteiger partial charge in [0.15, 0.2) is 12.6 Å². The molecule has 0 radical (unpaired) electrons. The Hall–Kier alpha value is -0.360. The summed E-state index contributed by atoms with van der Waals surface area (Å²) in [5.41, 5.74) is 0. The molecule has 0 saturated carbocycles. The first-order valence-electron chi connectivity index (χ1n) is 6.72. The summed E-state index contributed by atoms with van der Waals surface area (Å²) in [7, 11) is 1.34. The van der Waals surface area contributed by atoms with Gasteiger partial charge in [0.25, 0.3) is 0 Å². The van der Waals surface area contributed by atoms with Crippen molar-refractivity contribution in [2.75, 3.05) is 13.7 Å². The molecule has 2 aliphatic heterocycles. The fourth-order valence-electron chi connectivity index (χ4n) is 2.39. The van der Waals surface area contributed by atoms with Gasteiger partial charge in [-0.25, -0.2) is 0 Å². The summed E-state index contributed by atoms with van der Waals surface area (Å²) in [5.74, 6) is 0. The van der Waals surface area contributed by atoms with E-state index in [0.717, 1.165) is 0 Å². The summed E-state index contributed by atoms with van der Waals surface area (Å²) in [5, 5.41) is 48.8. The van der Waals surface area contributed by atoms with Crippen molar-refractivity contribution in [1.82, 2.24) is 0 Å². The second kappa shape index (κ2) is 6.82. The summed E-state index contributed by atoms with van der Waals surface area (Å²) in [6, 6.07) is 0. The monoisotopic (exact) mass is 310 g/mol. The molecule has 0 amide bonds. The molecule has 0 aromatic rings. The molecule has 0 unspecified atom stereocenters. The number of rotatable bonds is 3. The zero-order chi connectivity index (χ0) is 15.7. The lowest BCUT2D eigenvalue weighted by molar-refractivity contribution is -0.350. The third kappa shape index (κ3) is 3.36. The summed E-state index contributed by atoms with van der Waals surface area (Å²) in [6.07, 6.45) is -10.9. The third-order valence-corrected chi connectivity index (χ3v) is 3.76. The molecule has 5 N–H and O–H groups in total. The average molecular weight is 310 g/mol. The van der Waals surface area contributed by atoms with E-state index in [9.17, 15) is 25.5 Å². The van der Waals surface area contributed by atoms with E-state index in [1.54, 1.807) is 0 Å². The van der Waals surface area contributed by atoms with Crippen LogP contribution in [0.5, 0.6) is 0 Å². The van der Waals surface area contributed by atoms with Crippen molar-refractivity contribution < 1.29 is 44.5 Å². The van der Waals surface area contributed by atoms with E-state index < -0.39 is 55.3 Å². The Morgan fingerprint density at radius 2 is 1.57 bits per heavy atom. The lowest BCUT2D eigenvalue weighted by Gasteiger charge is -2.43. The molecule has 2 fully saturated rings. The van der Waals surface area contributed by atoms with Gasteiger partial charge < -0.3 is 44.5 Å². The number of methoxy groups -OCH3 is 1. The van der Waals surface area contributed by atoms with Gasteiger partial charge in [0, 0.05) is 7.11 Å². The van der Waals surface area contributed by atoms with Crippen molar-refractivity contribution in [2.24, 2.45) is 0 Å². The molecule has 2 saturated heterocycles. The van der Waals surface area contributed by atoms with Crippen molar-refractivity contribution >= 4 is 0 Å². The summed E-state index contributed by atoms with van der Waals surface area (Å²) in [6.45, 7) is 1.39. The average Bonchev–Trinajstić information content (AvgIpc) is 2.47. The quantitative estimate of drug-likeness (QED) is 0.367. The van der Waals surface area contributed by atoms with Gasteiger partial charge in [-0.2, -0.15) is 0 Å². The standard InChI is InChI=1S/C12H22O9/c1-4-6(14)8(16)9(17)11(20-4)21-10-7(15)5(13)3-19-12(10)18-2/h4-17H,3H2,1-2H3/t4-,5-,6+,7+,8+,9-,10-,11+,12-/m1/s1. The highest BCUT2D eigenvalue weighted by molar-refractivity contribution is 4.90. The summed E-state index contributed by atoms with van der Waals surface area (Å²) < 4.78 is 20.9. The first-order valence-corrected chi connectivity index (χ1v) is 6.72. The first kappa shape index (κ1) is 17.0. The molecule has 9 atom stereocenters. The van der Waals surface area contributed by atoms with Crippen LogP contribution in [0.1, 0.15) is 6.92 Å². The lowest BCUT2D eigenvalue weighted by atomic mass is 9.99. The fourth-order valence-corrected chi connectivity index (χ4v) is 2.39. The third-order valence-electron chi connectivity index (χ3n) is 3.76. The van der Waals surface area contributed by atoms with Crippen LogP contribution in [0.3, 0.4) is 0 Å². The highest BCUT2D eigenvalue weighted by Gasteiger charge is 2.47. The van der Waals surface area contributed by atoms with Gasteiger partial charge in [-0.1, -0.05) is 0 Å². The second-order valence-corrected chi connectivity index (χ2v) is 5.28. The van der Waals surface area contributed by atoms with Crippen LogP contribution in [0.15, 0.2) is 0 Å². The molecule has 9 heteroatoms. The Morgan fingerprint density at radius 1 is 0.905 bits per heavy atom. The van der Waals surface area contributed by atoms with Gasteiger partial charge in [-0.05, 0) is 6.92 Å². The zero-order valence-corrected chi connectivity index (χ0v) is 11.8. The van der Waals surface area contributed by atoms with E-state index in [1.165, 1.54) is 14.0 Å². The number of ether oxygens (including phenoxy) is 4. The topological polar surface area (TPSA) is 138 Å². The molecule has 0 aromatic heterocycles. The van der Waals surface area contributed by atoms with Gasteiger partial charge in [0.1, 0.15) is 36.6 Å². The van der Waals surface area contributed by atoms with Crippen LogP contribution in [-0.2, 0) is 18.9 Å². The highest BCUT2D eigenvalue weighted by Crippen LogP contribution is 2.27. The number of aliphatic hydroxyl groups is 5. The van der Waals surface area contributed by atoms with Crippen molar-refractivity contribution in [3.63, 3.8) is 0 Å². The molecule has 0 spiro atoms. The Bertz CT molecular complexity index is 339. The number of hydrogen-bond acceptors (Lipinski definition) is 9. The number of aliphatic hydroxyl groups excluding tert-OH is 5. The number of hydrogen-bond donors (Lipinski definition) is 5. The molecule has 0 bridgehead atoms. The van der Waals surface area contributed by atoms with Gasteiger partial charge in [0.2, 0.25) is 0 Å². The maximum absolute atomic E-state index is 9.96. The molecule has 2 rings (SSSR count). The van der Waals surface area contributed by atoms with Crippen molar-refractivity contribution in [2.45, 2.75) is 62.2 Å². The van der Waals surface area contributed by atoms with Crippen LogP contribution in [0.2, 0.25) is 0 Å². The van der Waals surface area contributed by atoms with E-state index in [0.29, 0.717) is 0 Å². The zero-order valence-electron chi connectivity index (χ0n) is 11.8. The SMILES string of the molecule is CO[C@@H]1OC[C@@H](O)[C@H](O)[C@H]1O[C@@H]1O[C@H](C)[C@H](O)[C@H](O)[C@H]1O. The van der Waals surface area contributed by atoms with E-state index in [2.05, 4.69) is 0 Å². The largest absolute Gasteiger partial charge is 0.388 e. The maximum atomic E-state index is 9.96. The van der Waals surface area contributed by atoms with Crippen LogP contribution in [0.25, 0.3) is 0 Å². The fraction of sp³-hybridized carbons (Fsp3) is 1.00. The predicted molar refractivity (Wildman–Crippen MR) is 66.0 cm³/mol. The van der Waals surface area contributed by atoms with Crippen molar-refractivity contribution in [1.29, 1.82) is 0 Å². The van der Waals surface area contributed by atoms with Gasteiger partial charge >= 0.3 is 0 Å². The summed E-state index contributed by atoms with van der Waals surface area (Å²) in [4.78, 5) is 0. The molecule has 2 aliphatic rings. The Kier molecular flexibility index (Phi) is 5.52. The predicted octanol–water partition coefficient (Wildman–Crippen LogP) is -3.08. The van der Waals surface area contributed by atoms with Crippen LogP contribution >= 0.6 is 0 Å². The molecular formula is C12H22O9. The molecule has 0 aromatic carbocycles. The van der Waals surface area contributed by atoms with Gasteiger partial charge in [0.05, 0.1) is 12.7 Å². The molecule has 9 nitrogen and oxygen atoms in total. The maximum Gasteiger partial charge on any atom is 0.187 e. The molecule has 21 heavy (non-hydrogen) atoms. The van der Waals surface area contributed by atoms with Crippen LogP contribution in [0.4, 0.5) is 0 Å². The first-order chi connectivity index (χ1) is 9.86. The van der Waals surface area contributed by atoms with E-state index in [-0.39, 0.29) is 6.61 Å². The molecule has 124 valence electrons. The van der Waals surface area contributed by atoms with E-state index >= 15 is 0 Å². The molecular weight excluding hydrogens is 288 g/mol. The van der Waals surface area contributed by atoms with E-state index in [1.807, 2.05) is 0 Å². The normalized spacial score (nSPS) is 51.9. The molecule has 0 aliphatic carbocycles. The minimum absolute atomic E-state index is 0.120. The lowest BCUT2D eigenvalue weighted by Crippen LogP contribution is -2.61. The van der Waals surface area contributed by atoms with Crippen molar-refractivity contribution in [3.05, 3.63) is 0 Å². The second-order valence-electron chi connectivity index (χ2n) is 5.28. The van der Waals surface area contributed by atoms with Crippen molar-refractivity contribution in [3.8, 4) is 0 Å². The van der Waals surface area contributed by atoms with Gasteiger partial charge in [-0.15, -0.1) is 0 Å². The van der Waals surface area contributed by atoms with Gasteiger partial charge in [-0.3, -0.25) is 0 Å². The molecule has 2 heterocycles. The highest BCUT2D eigenvalue weighted by atomic mass is 16.7. The Balaban J connectivity index is 2.07. The van der Waals surface area contributed by atoms with Crippen LogP contribution in [-0.4, -0.2) is 94.6 Å². The Labute approximate surface area is 121 Å². The minimum Gasteiger partial charge on any atom is -0.388 e. The smallest absolute Gasteiger partial charge is 0.187 e. The van der Waals surface area contributed by atoms with Crippen LogP contribution < -0.4 is 0 Å². The Morgan fingerprint density at radius 3 is 2.19 bits per heavy atom.